The summed E-state index contributed by atoms with van der Waals surface area (Å²) in [4.78, 5) is 24.3. The summed E-state index contributed by atoms with van der Waals surface area (Å²) in [6.07, 6.45) is 4.10. The molecule has 1 saturated carbocycles. The summed E-state index contributed by atoms with van der Waals surface area (Å²) < 4.78 is 5.90. The molecule has 1 aromatic heterocycles. The number of carbonyl (C=O) groups excluding carboxylic acids is 1. The first-order valence-corrected chi connectivity index (χ1v) is 12.9. The van der Waals surface area contributed by atoms with Crippen molar-refractivity contribution in [2.75, 3.05) is 24.3 Å². The Bertz CT molecular complexity index is 1350. The van der Waals surface area contributed by atoms with E-state index in [-0.39, 0.29) is 18.0 Å². The van der Waals surface area contributed by atoms with E-state index in [1.807, 2.05) is 91.8 Å². The van der Waals surface area contributed by atoms with Gasteiger partial charge in [-0.25, -0.2) is 4.98 Å². The second-order valence-electron chi connectivity index (χ2n) is 9.78. The quantitative estimate of drug-likeness (QED) is 0.333. The van der Waals surface area contributed by atoms with Crippen LogP contribution >= 0.6 is 0 Å². The number of hydrogen-bond acceptors (Lipinski definition) is 6. The van der Waals surface area contributed by atoms with Gasteiger partial charge in [-0.05, 0) is 67.6 Å². The average Bonchev–Trinajstić information content (AvgIpc) is 2.90. The van der Waals surface area contributed by atoms with Gasteiger partial charge in [0.2, 0.25) is 11.9 Å². The Labute approximate surface area is 217 Å². The minimum Gasteiger partial charge on any atom is -0.457 e. The van der Waals surface area contributed by atoms with E-state index in [1.165, 1.54) is 0 Å². The second-order valence-corrected chi connectivity index (χ2v) is 9.78. The van der Waals surface area contributed by atoms with Crippen molar-refractivity contribution in [3.8, 4) is 11.5 Å². The lowest BCUT2D eigenvalue weighted by Gasteiger charge is -2.30. The van der Waals surface area contributed by atoms with Crippen LogP contribution in [0.1, 0.15) is 31.2 Å². The van der Waals surface area contributed by atoms with Crippen LogP contribution in [0.4, 0.5) is 11.8 Å². The number of para-hydroxylation sites is 2. The van der Waals surface area contributed by atoms with E-state index in [4.69, 9.17) is 14.7 Å². The van der Waals surface area contributed by atoms with E-state index in [0.29, 0.717) is 12.4 Å². The molecule has 7 nitrogen and oxygen atoms in total. The summed E-state index contributed by atoms with van der Waals surface area (Å²) in [7, 11) is 4.00. The van der Waals surface area contributed by atoms with Crippen LogP contribution in [0.25, 0.3) is 10.9 Å². The molecule has 2 N–H and O–H groups in total. The normalized spacial score (nSPS) is 17.2. The molecule has 190 valence electrons. The molecular formula is C30H33N5O2. The van der Waals surface area contributed by atoms with E-state index in [1.54, 1.807) is 0 Å². The molecule has 4 aromatic rings. The van der Waals surface area contributed by atoms with Crippen LogP contribution in [0.3, 0.4) is 0 Å². The number of nitrogens with one attached hydrogen (secondary N) is 2. The lowest BCUT2D eigenvalue weighted by Crippen LogP contribution is -2.40. The molecule has 0 aliphatic heterocycles. The smallest absolute Gasteiger partial charge is 0.225 e. The molecule has 1 fully saturated rings. The Morgan fingerprint density at radius 1 is 0.865 bits per heavy atom. The van der Waals surface area contributed by atoms with Crippen LogP contribution in [-0.4, -0.2) is 42.1 Å². The fraction of sp³-hybridized carbons (Fsp3) is 0.300. The first-order valence-electron chi connectivity index (χ1n) is 12.9. The van der Waals surface area contributed by atoms with E-state index in [2.05, 4.69) is 16.7 Å². The first kappa shape index (κ1) is 24.6. The minimum atomic E-state index is 0.0433. The molecule has 0 unspecified atom stereocenters. The van der Waals surface area contributed by atoms with Crippen LogP contribution < -0.4 is 20.3 Å². The molecule has 3 aromatic carbocycles. The zero-order valence-corrected chi connectivity index (χ0v) is 21.4. The number of carbonyl (C=O) groups is 1. The van der Waals surface area contributed by atoms with Crippen molar-refractivity contribution in [3.63, 3.8) is 0 Å². The highest BCUT2D eigenvalue weighted by Gasteiger charge is 2.23. The predicted molar refractivity (Wildman–Crippen MR) is 148 cm³/mol. The maximum absolute atomic E-state index is 12.8. The van der Waals surface area contributed by atoms with Gasteiger partial charge in [0.1, 0.15) is 17.3 Å². The number of aromatic nitrogens is 2. The van der Waals surface area contributed by atoms with Crippen molar-refractivity contribution < 1.29 is 9.53 Å². The van der Waals surface area contributed by atoms with Gasteiger partial charge in [-0.1, -0.05) is 42.5 Å². The number of fused-ring (bicyclic) bond motifs is 1. The van der Waals surface area contributed by atoms with Crippen molar-refractivity contribution >= 4 is 28.6 Å². The third-order valence-corrected chi connectivity index (χ3v) is 6.67. The Balaban J connectivity index is 1.13. The van der Waals surface area contributed by atoms with Gasteiger partial charge < -0.3 is 20.3 Å². The summed E-state index contributed by atoms with van der Waals surface area (Å²) in [6.45, 7) is 0. The third kappa shape index (κ3) is 6.36. The minimum absolute atomic E-state index is 0.0433. The fourth-order valence-corrected chi connectivity index (χ4v) is 4.84. The van der Waals surface area contributed by atoms with Crippen molar-refractivity contribution in [2.24, 2.45) is 0 Å². The molecule has 1 aliphatic carbocycles. The number of amides is 1. The number of hydrogen-bond donors (Lipinski definition) is 2. The molecule has 37 heavy (non-hydrogen) atoms. The summed E-state index contributed by atoms with van der Waals surface area (Å²) in [6, 6.07) is 25.9. The van der Waals surface area contributed by atoms with Crippen LogP contribution in [-0.2, 0) is 11.2 Å². The van der Waals surface area contributed by atoms with Gasteiger partial charge in [0.15, 0.2) is 0 Å². The van der Waals surface area contributed by atoms with Crippen molar-refractivity contribution in [1.82, 2.24) is 15.3 Å². The Kier molecular flexibility index (Phi) is 7.49. The van der Waals surface area contributed by atoms with Crippen LogP contribution in [0.5, 0.6) is 11.5 Å². The molecule has 1 aliphatic rings. The van der Waals surface area contributed by atoms with E-state index in [9.17, 15) is 4.79 Å². The number of anilines is 2. The van der Waals surface area contributed by atoms with Gasteiger partial charge in [0, 0.05) is 31.6 Å². The second kappa shape index (κ2) is 11.3. The topological polar surface area (TPSA) is 79.4 Å². The average molecular weight is 496 g/mol. The molecule has 0 saturated heterocycles. The molecule has 0 radical (unpaired) electrons. The molecule has 5 rings (SSSR count). The Hall–Kier alpha value is -4.13. The highest BCUT2D eigenvalue weighted by atomic mass is 16.5. The number of ether oxygens (including phenoxy) is 1. The molecule has 1 heterocycles. The van der Waals surface area contributed by atoms with Gasteiger partial charge in [-0.15, -0.1) is 0 Å². The number of benzene rings is 3. The number of rotatable bonds is 8. The van der Waals surface area contributed by atoms with Gasteiger partial charge >= 0.3 is 0 Å². The van der Waals surface area contributed by atoms with Crippen molar-refractivity contribution in [2.45, 2.75) is 44.2 Å². The van der Waals surface area contributed by atoms with Gasteiger partial charge in [0.25, 0.3) is 0 Å². The fourth-order valence-electron chi connectivity index (χ4n) is 4.84. The molecule has 7 heteroatoms. The maximum atomic E-state index is 12.8. The number of nitrogens with zero attached hydrogens (tertiary/aromatic N) is 3. The Morgan fingerprint density at radius 3 is 2.35 bits per heavy atom. The molecule has 1 amide bonds. The molecule has 0 atom stereocenters. The third-order valence-electron chi connectivity index (χ3n) is 6.67. The summed E-state index contributed by atoms with van der Waals surface area (Å²) in [5, 5.41) is 7.80. The predicted octanol–water partition coefficient (Wildman–Crippen LogP) is 5.57. The van der Waals surface area contributed by atoms with E-state index in [0.717, 1.165) is 59.5 Å². The van der Waals surface area contributed by atoms with E-state index < -0.39 is 0 Å². The lowest BCUT2D eigenvalue weighted by molar-refractivity contribution is -0.121. The van der Waals surface area contributed by atoms with Crippen LogP contribution in [0.2, 0.25) is 0 Å². The SMILES string of the molecule is CN(C)c1nc(NC2CCC(NC(=O)Cc3cccc(Oc4ccccc4)c3)CC2)nc2ccccc12. The zero-order chi connectivity index (χ0) is 25.6. The summed E-state index contributed by atoms with van der Waals surface area (Å²) in [5.74, 6) is 3.12. The van der Waals surface area contributed by atoms with Gasteiger partial charge in [-0.3, -0.25) is 4.79 Å². The summed E-state index contributed by atoms with van der Waals surface area (Å²) in [5.41, 5.74) is 1.87. The highest BCUT2D eigenvalue weighted by molar-refractivity contribution is 5.90. The van der Waals surface area contributed by atoms with Gasteiger partial charge in [0.05, 0.1) is 11.9 Å². The monoisotopic (exact) mass is 495 g/mol. The standard InChI is InChI=1S/C30H33N5O2/c1-35(2)29-26-13-6-7-14-27(26)33-30(34-29)32-23-17-15-22(16-18-23)31-28(36)20-21-9-8-12-25(19-21)37-24-10-4-3-5-11-24/h3-14,19,22-23H,15-18,20H2,1-2H3,(H,31,36)(H,32,33,34). The largest absolute Gasteiger partial charge is 0.457 e. The van der Waals surface area contributed by atoms with Gasteiger partial charge in [-0.2, -0.15) is 4.98 Å². The molecule has 0 bridgehead atoms. The molecular weight excluding hydrogens is 462 g/mol. The van der Waals surface area contributed by atoms with Crippen LogP contribution in [0, 0.1) is 0 Å². The van der Waals surface area contributed by atoms with E-state index >= 15 is 0 Å². The van der Waals surface area contributed by atoms with Crippen molar-refractivity contribution in [1.29, 1.82) is 0 Å². The summed E-state index contributed by atoms with van der Waals surface area (Å²) >= 11 is 0. The first-order chi connectivity index (χ1) is 18.0. The lowest BCUT2D eigenvalue weighted by atomic mass is 9.91. The maximum Gasteiger partial charge on any atom is 0.225 e. The highest BCUT2D eigenvalue weighted by Crippen LogP contribution is 2.27. The zero-order valence-electron chi connectivity index (χ0n) is 21.4. The Morgan fingerprint density at radius 2 is 1.57 bits per heavy atom. The van der Waals surface area contributed by atoms with Crippen LogP contribution in [0.15, 0.2) is 78.9 Å². The van der Waals surface area contributed by atoms with Crippen molar-refractivity contribution in [3.05, 3.63) is 84.4 Å². The molecule has 0 spiro atoms.